The molecule has 2 aromatic carbocycles. The van der Waals surface area contributed by atoms with Gasteiger partial charge in [0.15, 0.2) is 0 Å². The smallest absolute Gasteiger partial charge is 0.122 e. The predicted molar refractivity (Wildman–Crippen MR) is 84.3 cm³/mol. The van der Waals surface area contributed by atoms with Crippen molar-refractivity contribution < 1.29 is 4.74 Å². The van der Waals surface area contributed by atoms with E-state index in [-0.39, 0.29) is 6.04 Å². The number of benzene rings is 2. The Bertz CT molecular complexity index is 604. The third-order valence-corrected chi connectivity index (χ3v) is 3.71. The Balaban J connectivity index is 2.04. The molecular formula is C18H23NO. The van der Waals surface area contributed by atoms with Crippen molar-refractivity contribution in [2.45, 2.75) is 33.7 Å². The topological polar surface area (TPSA) is 35.2 Å². The van der Waals surface area contributed by atoms with Crippen LogP contribution in [0.15, 0.2) is 36.4 Å². The molecule has 106 valence electrons. The van der Waals surface area contributed by atoms with Crippen molar-refractivity contribution in [3.8, 4) is 5.75 Å². The van der Waals surface area contributed by atoms with Crippen LogP contribution in [0.5, 0.6) is 5.75 Å². The molecule has 0 aliphatic heterocycles. The van der Waals surface area contributed by atoms with Gasteiger partial charge in [-0.3, -0.25) is 0 Å². The second kappa shape index (κ2) is 6.10. The van der Waals surface area contributed by atoms with E-state index in [1.165, 1.54) is 16.7 Å². The molecule has 0 heterocycles. The van der Waals surface area contributed by atoms with Crippen molar-refractivity contribution in [3.63, 3.8) is 0 Å². The van der Waals surface area contributed by atoms with E-state index in [0.717, 1.165) is 16.9 Å². The molecule has 0 aromatic heterocycles. The van der Waals surface area contributed by atoms with Gasteiger partial charge in [0.2, 0.25) is 0 Å². The fourth-order valence-corrected chi connectivity index (χ4v) is 2.23. The van der Waals surface area contributed by atoms with Gasteiger partial charge in [-0.05, 0) is 56.0 Å². The van der Waals surface area contributed by atoms with Crippen molar-refractivity contribution in [1.29, 1.82) is 0 Å². The molecule has 0 saturated heterocycles. The molecule has 2 aromatic rings. The summed E-state index contributed by atoms with van der Waals surface area (Å²) < 4.78 is 5.85. The predicted octanol–water partition coefficient (Wildman–Crippen LogP) is 4.00. The lowest BCUT2D eigenvalue weighted by molar-refractivity contribution is 0.289. The van der Waals surface area contributed by atoms with Crippen molar-refractivity contribution in [1.82, 2.24) is 0 Å². The van der Waals surface area contributed by atoms with Gasteiger partial charge in [0.25, 0.3) is 0 Å². The second-order valence-corrected chi connectivity index (χ2v) is 5.53. The number of rotatable bonds is 4. The average molecular weight is 269 g/mol. The van der Waals surface area contributed by atoms with Gasteiger partial charge in [-0.1, -0.05) is 35.9 Å². The standard InChI is InChI=1S/C18H23NO/c1-12-5-8-18(15(4)9-12)20-11-17(19)16-7-6-13(2)14(3)10-16/h5-10,17H,11,19H2,1-4H3. The maximum absolute atomic E-state index is 6.22. The fraction of sp³-hybridized carbons (Fsp3) is 0.333. The molecule has 2 heteroatoms. The summed E-state index contributed by atoms with van der Waals surface area (Å²) in [5.41, 5.74) is 12.3. The van der Waals surface area contributed by atoms with Gasteiger partial charge in [-0.2, -0.15) is 0 Å². The third kappa shape index (κ3) is 3.40. The van der Waals surface area contributed by atoms with Gasteiger partial charge < -0.3 is 10.5 Å². The first-order valence-electron chi connectivity index (χ1n) is 7.00. The Hall–Kier alpha value is -1.80. The van der Waals surface area contributed by atoms with Gasteiger partial charge in [-0.25, -0.2) is 0 Å². The van der Waals surface area contributed by atoms with Crippen LogP contribution in [0.3, 0.4) is 0 Å². The lowest BCUT2D eigenvalue weighted by Crippen LogP contribution is -2.19. The molecule has 0 aliphatic carbocycles. The Labute approximate surface area is 121 Å². The summed E-state index contributed by atoms with van der Waals surface area (Å²) in [7, 11) is 0. The quantitative estimate of drug-likeness (QED) is 0.910. The van der Waals surface area contributed by atoms with Crippen LogP contribution in [0.4, 0.5) is 0 Å². The summed E-state index contributed by atoms with van der Waals surface area (Å²) in [6, 6.07) is 12.4. The zero-order chi connectivity index (χ0) is 14.7. The van der Waals surface area contributed by atoms with Crippen LogP contribution in [0, 0.1) is 27.7 Å². The van der Waals surface area contributed by atoms with Crippen molar-refractivity contribution >= 4 is 0 Å². The number of ether oxygens (including phenoxy) is 1. The minimum Gasteiger partial charge on any atom is -0.491 e. The van der Waals surface area contributed by atoms with Crippen LogP contribution in [-0.2, 0) is 0 Å². The minimum absolute atomic E-state index is 0.102. The molecule has 0 bridgehead atoms. The number of hydrogen-bond acceptors (Lipinski definition) is 2. The van der Waals surface area contributed by atoms with Crippen LogP contribution in [0.2, 0.25) is 0 Å². The normalized spacial score (nSPS) is 12.2. The minimum atomic E-state index is -0.102. The molecule has 0 amide bonds. The summed E-state index contributed by atoms with van der Waals surface area (Å²) >= 11 is 0. The maximum atomic E-state index is 6.22. The highest BCUT2D eigenvalue weighted by atomic mass is 16.5. The van der Waals surface area contributed by atoms with Crippen LogP contribution < -0.4 is 10.5 Å². The molecule has 1 unspecified atom stereocenters. The van der Waals surface area contributed by atoms with E-state index in [2.05, 4.69) is 58.0 Å². The average Bonchev–Trinajstić information content (AvgIpc) is 2.40. The summed E-state index contributed by atoms with van der Waals surface area (Å²) in [4.78, 5) is 0. The van der Waals surface area contributed by atoms with Gasteiger partial charge >= 0.3 is 0 Å². The van der Waals surface area contributed by atoms with Crippen molar-refractivity contribution in [2.24, 2.45) is 5.73 Å². The zero-order valence-electron chi connectivity index (χ0n) is 12.7. The molecular weight excluding hydrogens is 246 g/mol. The SMILES string of the molecule is Cc1ccc(OCC(N)c2ccc(C)c(C)c2)c(C)c1. The summed E-state index contributed by atoms with van der Waals surface area (Å²) in [5.74, 6) is 0.912. The van der Waals surface area contributed by atoms with Gasteiger partial charge in [0, 0.05) is 0 Å². The first-order chi connectivity index (χ1) is 9.47. The molecule has 20 heavy (non-hydrogen) atoms. The third-order valence-electron chi connectivity index (χ3n) is 3.71. The largest absolute Gasteiger partial charge is 0.491 e. The lowest BCUT2D eigenvalue weighted by Gasteiger charge is -2.16. The second-order valence-electron chi connectivity index (χ2n) is 5.53. The first-order valence-corrected chi connectivity index (χ1v) is 7.00. The van der Waals surface area contributed by atoms with Crippen molar-refractivity contribution in [3.05, 3.63) is 64.2 Å². The Kier molecular flexibility index (Phi) is 4.46. The van der Waals surface area contributed by atoms with E-state index in [1.54, 1.807) is 0 Å². The summed E-state index contributed by atoms with van der Waals surface area (Å²) in [6.07, 6.45) is 0. The van der Waals surface area contributed by atoms with E-state index in [4.69, 9.17) is 10.5 Å². The van der Waals surface area contributed by atoms with Crippen LogP contribution in [0.1, 0.15) is 33.9 Å². The fourth-order valence-electron chi connectivity index (χ4n) is 2.23. The molecule has 0 fully saturated rings. The molecule has 0 radical (unpaired) electrons. The van der Waals surface area contributed by atoms with E-state index in [9.17, 15) is 0 Å². The molecule has 2 N–H and O–H groups in total. The van der Waals surface area contributed by atoms with Crippen molar-refractivity contribution in [2.75, 3.05) is 6.61 Å². The van der Waals surface area contributed by atoms with E-state index >= 15 is 0 Å². The molecule has 0 saturated carbocycles. The zero-order valence-corrected chi connectivity index (χ0v) is 12.7. The lowest BCUT2D eigenvalue weighted by atomic mass is 10.0. The number of aryl methyl sites for hydroxylation is 4. The molecule has 1 atom stereocenters. The van der Waals surface area contributed by atoms with Gasteiger partial charge in [0.1, 0.15) is 12.4 Å². The highest BCUT2D eigenvalue weighted by Crippen LogP contribution is 2.21. The molecule has 0 aliphatic rings. The monoisotopic (exact) mass is 269 g/mol. The van der Waals surface area contributed by atoms with Crippen LogP contribution >= 0.6 is 0 Å². The van der Waals surface area contributed by atoms with Crippen LogP contribution in [0.25, 0.3) is 0 Å². The molecule has 2 rings (SSSR count). The number of nitrogens with two attached hydrogens (primary N) is 1. The Morgan fingerprint density at radius 1 is 0.900 bits per heavy atom. The van der Waals surface area contributed by atoms with E-state index in [1.807, 2.05) is 6.07 Å². The molecule has 2 nitrogen and oxygen atoms in total. The maximum Gasteiger partial charge on any atom is 0.122 e. The highest BCUT2D eigenvalue weighted by molar-refractivity contribution is 5.36. The highest BCUT2D eigenvalue weighted by Gasteiger charge is 2.09. The van der Waals surface area contributed by atoms with E-state index < -0.39 is 0 Å². The summed E-state index contributed by atoms with van der Waals surface area (Å²) in [6.45, 7) is 8.85. The first kappa shape index (κ1) is 14.6. The summed E-state index contributed by atoms with van der Waals surface area (Å²) in [5, 5.41) is 0. The van der Waals surface area contributed by atoms with Gasteiger partial charge in [0.05, 0.1) is 6.04 Å². The van der Waals surface area contributed by atoms with Crippen LogP contribution in [-0.4, -0.2) is 6.61 Å². The van der Waals surface area contributed by atoms with Gasteiger partial charge in [-0.15, -0.1) is 0 Å². The van der Waals surface area contributed by atoms with E-state index in [0.29, 0.717) is 6.61 Å². The Morgan fingerprint density at radius 3 is 2.30 bits per heavy atom. The Morgan fingerprint density at radius 2 is 1.65 bits per heavy atom. The molecule has 0 spiro atoms. The number of hydrogen-bond donors (Lipinski definition) is 1.